The van der Waals surface area contributed by atoms with E-state index in [9.17, 15) is 4.79 Å². The van der Waals surface area contributed by atoms with Crippen LogP contribution in [0.2, 0.25) is 0 Å². The second-order valence-corrected chi connectivity index (χ2v) is 3.89. The van der Waals surface area contributed by atoms with Gasteiger partial charge >= 0.3 is 6.03 Å². The first-order valence-electron chi connectivity index (χ1n) is 4.76. The number of anilines is 2. The molecule has 0 fully saturated rings. The SMILES string of the molecule is COc1cccc(NC(=O)Nc2nncs2)c1. The van der Waals surface area contributed by atoms with E-state index in [-0.39, 0.29) is 6.03 Å². The van der Waals surface area contributed by atoms with E-state index in [0.29, 0.717) is 16.6 Å². The van der Waals surface area contributed by atoms with Gasteiger partial charge in [0.15, 0.2) is 0 Å². The zero-order valence-electron chi connectivity index (χ0n) is 9.01. The molecule has 2 rings (SSSR count). The summed E-state index contributed by atoms with van der Waals surface area (Å²) >= 11 is 1.25. The number of nitrogens with zero attached hydrogens (tertiary/aromatic N) is 2. The summed E-state index contributed by atoms with van der Waals surface area (Å²) in [5.74, 6) is 0.679. The van der Waals surface area contributed by atoms with Crippen molar-refractivity contribution in [3.63, 3.8) is 0 Å². The molecule has 2 N–H and O–H groups in total. The van der Waals surface area contributed by atoms with Crippen LogP contribution in [0, 0.1) is 0 Å². The topological polar surface area (TPSA) is 76.1 Å². The van der Waals surface area contributed by atoms with E-state index in [4.69, 9.17) is 4.74 Å². The molecule has 88 valence electrons. The summed E-state index contributed by atoms with van der Waals surface area (Å²) in [6, 6.07) is 6.71. The number of benzene rings is 1. The summed E-state index contributed by atoms with van der Waals surface area (Å²) in [6.45, 7) is 0. The first-order valence-corrected chi connectivity index (χ1v) is 5.64. The molecule has 0 radical (unpaired) electrons. The predicted molar refractivity (Wildman–Crippen MR) is 65.5 cm³/mol. The molecule has 0 aliphatic carbocycles. The molecule has 0 saturated heterocycles. The average molecular weight is 250 g/mol. The van der Waals surface area contributed by atoms with Crippen molar-refractivity contribution in [2.75, 3.05) is 17.7 Å². The fourth-order valence-corrected chi connectivity index (χ4v) is 1.63. The lowest BCUT2D eigenvalue weighted by Crippen LogP contribution is -2.19. The molecule has 0 bridgehead atoms. The fraction of sp³-hybridized carbons (Fsp3) is 0.100. The Balaban J connectivity index is 1.98. The number of ether oxygens (including phenoxy) is 1. The molecule has 2 amide bonds. The maximum absolute atomic E-state index is 11.6. The maximum Gasteiger partial charge on any atom is 0.325 e. The summed E-state index contributed by atoms with van der Waals surface area (Å²) < 4.78 is 5.05. The summed E-state index contributed by atoms with van der Waals surface area (Å²) in [7, 11) is 1.57. The largest absolute Gasteiger partial charge is 0.497 e. The third-order valence-electron chi connectivity index (χ3n) is 1.91. The van der Waals surface area contributed by atoms with Gasteiger partial charge in [0.05, 0.1) is 7.11 Å². The van der Waals surface area contributed by atoms with Crippen molar-refractivity contribution in [3.05, 3.63) is 29.8 Å². The van der Waals surface area contributed by atoms with E-state index in [1.54, 1.807) is 36.9 Å². The van der Waals surface area contributed by atoms with Crippen LogP contribution in [0.25, 0.3) is 0 Å². The smallest absolute Gasteiger partial charge is 0.325 e. The zero-order chi connectivity index (χ0) is 12.1. The van der Waals surface area contributed by atoms with E-state index >= 15 is 0 Å². The molecule has 0 aliphatic rings. The number of amides is 2. The Morgan fingerprint density at radius 1 is 1.41 bits per heavy atom. The molecule has 1 aromatic heterocycles. The maximum atomic E-state index is 11.6. The minimum absolute atomic E-state index is 0.366. The number of carbonyl (C=O) groups is 1. The van der Waals surface area contributed by atoms with E-state index in [1.165, 1.54) is 11.3 Å². The molecule has 0 unspecified atom stereocenters. The standard InChI is InChI=1S/C10H10N4O2S/c1-16-8-4-2-3-7(5-8)12-9(15)13-10-14-11-6-17-10/h2-6H,1H3,(H2,12,13,14,15). The van der Waals surface area contributed by atoms with Crippen LogP contribution >= 0.6 is 11.3 Å². The monoisotopic (exact) mass is 250 g/mol. The van der Waals surface area contributed by atoms with Gasteiger partial charge in [0.25, 0.3) is 0 Å². The second kappa shape index (κ2) is 5.26. The Labute approximate surface area is 102 Å². The van der Waals surface area contributed by atoms with Gasteiger partial charge in [-0.25, -0.2) is 4.79 Å². The van der Waals surface area contributed by atoms with Gasteiger partial charge in [0.2, 0.25) is 5.13 Å². The molecule has 2 aromatic rings. The van der Waals surface area contributed by atoms with Crippen LogP contribution in [-0.2, 0) is 0 Å². The number of nitrogens with one attached hydrogen (secondary N) is 2. The van der Waals surface area contributed by atoms with Crippen LogP contribution in [0.1, 0.15) is 0 Å². The first-order chi connectivity index (χ1) is 8.28. The minimum atomic E-state index is -0.366. The van der Waals surface area contributed by atoms with Gasteiger partial charge in [0.1, 0.15) is 11.3 Å². The van der Waals surface area contributed by atoms with Crippen molar-refractivity contribution in [1.82, 2.24) is 10.2 Å². The molecule has 0 atom stereocenters. The molecular weight excluding hydrogens is 240 g/mol. The van der Waals surface area contributed by atoms with Gasteiger partial charge in [0, 0.05) is 11.8 Å². The van der Waals surface area contributed by atoms with Crippen LogP contribution < -0.4 is 15.4 Å². The Bertz CT molecular complexity index is 501. The number of hydrogen-bond donors (Lipinski definition) is 2. The average Bonchev–Trinajstić information content (AvgIpc) is 2.82. The number of aromatic nitrogens is 2. The summed E-state index contributed by atoms with van der Waals surface area (Å²) in [5, 5.41) is 13.0. The van der Waals surface area contributed by atoms with E-state index in [2.05, 4.69) is 20.8 Å². The molecule has 0 spiro atoms. The predicted octanol–water partition coefficient (Wildman–Crippen LogP) is 2.19. The fourth-order valence-electron chi connectivity index (χ4n) is 1.19. The molecule has 0 saturated carbocycles. The highest BCUT2D eigenvalue weighted by Crippen LogP contribution is 2.17. The van der Waals surface area contributed by atoms with Crippen molar-refractivity contribution in [1.29, 1.82) is 0 Å². The molecule has 6 nitrogen and oxygen atoms in total. The number of urea groups is 1. The number of rotatable bonds is 3. The Morgan fingerprint density at radius 3 is 3.00 bits per heavy atom. The van der Waals surface area contributed by atoms with Crippen molar-refractivity contribution in [2.45, 2.75) is 0 Å². The highest BCUT2D eigenvalue weighted by Gasteiger charge is 2.05. The van der Waals surface area contributed by atoms with Crippen molar-refractivity contribution < 1.29 is 9.53 Å². The lowest BCUT2D eigenvalue weighted by atomic mass is 10.3. The van der Waals surface area contributed by atoms with Gasteiger partial charge in [-0.1, -0.05) is 17.4 Å². The molecule has 17 heavy (non-hydrogen) atoms. The van der Waals surface area contributed by atoms with Gasteiger partial charge in [-0.2, -0.15) is 0 Å². The van der Waals surface area contributed by atoms with Crippen LogP contribution in [0.3, 0.4) is 0 Å². The number of hydrogen-bond acceptors (Lipinski definition) is 5. The lowest BCUT2D eigenvalue weighted by molar-refractivity contribution is 0.262. The number of carbonyl (C=O) groups excluding carboxylic acids is 1. The summed E-state index contributed by atoms with van der Waals surface area (Å²) in [4.78, 5) is 11.6. The molecule has 7 heteroatoms. The van der Waals surface area contributed by atoms with Gasteiger partial charge in [-0.15, -0.1) is 10.2 Å². The van der Waals surface area contributed by atoms with Crippen LogP contribution in [0.5, 0.6) is 5.75 Å². The highest BCUT2D eigenvalue weighted by atomic mass is 32.1. The summed E-state index contributed by atoms with van der Waals surface area (Å²) in [6.07, 6.45) is 0. The quantitative estimate of drug-likeness (QED) is 0.875. The molecule has 1 heterocycles. The Morgan fingerprint density at radius 2 is 2.29 bits per heavy atom. The Hall–Kier alpha value is -2.15. The molecular formula is C10H10N4O2S. The van der Waals surface area contributed by atoms with Gasteiger partial charge in [-0.05, 0) is 12.1 Å². The third-order valence-corrected chi connectivity index (χ3v) is 2.51. The summed E-state index contributed by atoms with van der Waals surface area (Å²) in [5.41, 5.74) is 2.19. The second-order valence-electron chi connectivity index (χ2n) is 3.05. The van der Waals surface area contributed by atoms with Crippen LogP contribution in [0.15, 0.2) is 29.8 Å². The zero-order valence-corrected chi connectivity index (χ0v) is 9.82. The normalized spacial score (nSPS) is 9.71. The highest BCUT2D eigenvalue weighted by molar-refractivity contribution is 7.13. The number of methoxy groups -OCH3 is 1. The molecule has 1 aromatic carbocycles. The van der Waals surface area contributed by atoms with Gasteiger partial charge in [-0.3, -0.25) is 5.32 Å². The third kappa shape index (κ3) is 3.15. The van der Waals surface area contributed by atoms with E-state index < -0.39 is 0 Å². The van der Waals surface area contributed by atoms with Crippen LogP contribution in [0.4, 0.5) is 15.6 Å². The Kier molecular flexibility index (Phi) is 3.51. The van der Waals surface area contributed by atoms with Crippen LogP contribution in [-0.4, -0.2) is 23.3 Å². The molecule has 0 aliphatic heterocycles. The van der Waals surface area contributed by atoms with Crippen molar-refractivity contribution in [3.8, 4) is 5.75 Å². The van der Waals surface area contributed by atoms with Crippen molar-refractivity contribution in [2.24, 2.45) is 0 Å². The van der Waals surface area contributed by atoms with Gasteiger partial charge < -0.3 is 10.1 Å². The minimum Gasteiger partial charge on any atom is -0.497 e. The van der Waals surface area contributed by atoms with Crippen molar-refractivity contribution >= 4 is 28.2 Å². The lowest BCUT2D eigenvalue weighted by Gasteiger charge is -2.06. The van der Waals surface area contributed by atoms with E-state index in [0.717, 1.165) is 0 Å². The van der Waals surface area contributed by atoms with E-state index in [1.807, 2.05) is 0 Å². The first kappa shape index (κ1) is 11.3.